The van der Waals surface area contributed by atoms with Crippen LogP contribution in [0.1, 0.15) is 15.9 Å². The monoisotopic (exact) mass is 305 g/mol. The number of nitro benzene ring substituents is 1. The number of halogens is 1. The van der Waals surface area contributed by atoms with E-state index in [0.717, 1.165) is 5.56 Å². The van der Waals surface area contributed by atoms with E-state index in [1.54, 1.807) is 25.1 Å². The number of hydrogen-bond acceptors (Lipinski definition) is 4. The zero-order valence-electron chi connectivity index (χ0n) is 11.1. The number of para-hydroxylation sites is 1. The molecule has 0 bridgehead atoms. The second-order valence-electron chi connectivity index (χ2n) is 4.42. The van der Waals surface area contributed by atoms with Crippen LogP contribution in [0, 0.1) is 17.0 Å². The van der Waals surface area contributed by atoms with Gasteiger partial charge < -0.3 is 11.1 Å². The Bertz CT molecular complexity index is 711. The summed E-state index contributed by atoms with van der Waals surface area (Å²) >= 11 is 6.02. The maximum absolute atomic E-state index is 12.3. The Kier molecular flexibility index (Phi) is 4.09. The Morgan fingerprint density at radius 2 is 2.05 bits per heavy atom. The Hall–Kier alpha value is -2.60. The number of carbonyl (C=O) groups excluding carboxylic acids is 1. The summed E-state index contributed by atoms with van der Waals surface area (Å²) in [5, 5.41) is 13.9. The van der Waals surface area contributed by atoms with Gasteiger partial charge >= 0.3 is 0 Å². The van der Waals surface area contributed by atoms with Crippen LogP contribution in [0.2, 0.25) is 5.02 Å². The summed E-state index contributed by atoms with van der Waals surface area (Å²) in [6.45, 7) is 1.77. The molecule has 108 valence electrons. The van der Waals surface area contributed by atoms with Crippen molar-refractivity contribution >= 4 is 34.6 Å². The van der Waals surface area contributed by atoms with Crippen LogP contribution < -0.4 is 11.1 Å². The number of nitrogens with one attached hydrogen (secondary N) is 1. The normalized spacial score (nSPS) is 10.2. The fourth-order valence-corrected chi connectivity index (χ4v) is 2.13. The van der Waals surface area contributed by atoms with Gasteiger partial charge in [-0.25, -0.2) is 0 Å². The Labute approximate surface area is 125 Å². The van der Waals surface area contributed by atoms with Gasteiger partial charge in [0.1, 0.15) is 5.56 Å². The van der Waals surface area contributed by atoms with Crippen molar-refractivity contribution in [2.24, 2.45) is 0 Å². The highest BCUT2D eigenvalue weighted by Crippen LogP contribution is 2.28. The average Bonchev–Trinajstić information content (AvgIpc) is 2.42. The van der Waals surface area contributed by atoms with Gasteiger partial charge in [0.25, 0.3) is 11.6 Å². The third-order valence-electron chi connectivity index (χ3n) is 2.92. The molecule has 0 radical (unpaired) electrons. The average molecular weight is 306 g/mol. The first kappa shape index (κ1) is 14.8. The number of benzene rings is 2. The predicted octanol–water partition coefficient (Wildman–Crippen LogP) is 3.39. The van der Waals surface area contributed by atoms with Gasteiger partial charge in [0.05, 0.1) is 15.6 Å². The molecule has 0 fully saturated rings. The van der Waals surface area contributed by atoms with Gasteiger partial charge in [-0.2, -0.15) is 0 Å². The van der Waals surface area contributed by atoms with E-state index in [1.807, 2.05) is 0 Å². The standard InChI is InChI=1S/C14H12ClN3O3/c1-8-3-2-4-11(15)13(8)17-14(19)10-7-9(16)5-6-12(10)18(20)21/h2-7H,16H2,1H3,(H,17,19). The first-order valence-corrected chi connectivity index (χ1v) is 6.38. The van der Waals surface area contributed by atoms with Crippen molar-refractivity contribution in [3.05, 3.63) is 62.7 Å². The summed E-state index contributed by atoms with van der Waals surface area (Å²) in [6, 6.07) is 8.97. The third kappa shape index (κ3) is 3.11. The summed E-state index contributed by atoms with van der Waals surface area (Å²) in [5.41, 5.74) is 6.60. The molecule has 0 heterocycles. The van der Waals surface area contributed by atoms with E-state index in [4.69, 9.17) is 17.3 Å². The van der Waals surface area contributed by atoms with Crippen LogP contribution in [-0.4, -0.2) is 10.8 Å². The number of aryl methyl sites for hydroxylation is 1. The largest absolute Gasteiger partial charge is 0.399 e. The van der Waals surface area contributed by atoms with E-state index in [9.17, 15) is 14.9 Å². The van der Waals surface area contributed by atoms with Crippen molar-refractivity contribution in [1.29, 1.82) is 0 Å². The van der Waals surface area contributed by atoms with Crippen molar-refractivity contribution in [2.45, 2.75) is 6.92 Å². The van der Waals surface area contributed by atoms with Crippen molar-refractivity contribution in [3.63, 3.8) is 0 Å². The minimum Gasteiger partial charge on any atom is -0.399 e. The lowest BCUT2D eigenvalue weighted by molar-refractivity contribution is -0.385. The van der Waals surface area contributed by atoms with Gasteiger partial charge in [0, 0.05) is 11.8 Å². The molecule has 1 amide bonds. The molecule has 2 aromatic carbocycles. The number of nitrogens with two attached hydrogens (primary N) is 1. The number of carbonyl (C=O) groups is 1. The quantitative estimate of drug-likeness (QED) is 0.516. The van der Waals surface area contributed by atoms with Crippen LogP contribution in [0.25, 0.3) is 0 Å². The Morgan fingerprint density at radius 3 is 2.67 bits per heavy atom. The van der Waals surface area contributed by atoms with Crippen LogP contribution in [0.5, 0.6) is 0 Å². The lowest BCUT2D eigenvalue weighted by atomic mass is 10.1. The van der Waals surface area contributed by atoms with Gasteiger partial charge in [0.15, 0.2) is 0 Å². The summed E-state index contributed by atoms with van der Waals surface area (Å²) in [6.07, 6.45) is 0. The zero-order valence-corrected chi connectivity index (χ0v) is 11.8. The molecule has 6 nitrogen and oxygen atoms in total. The molecule has 0 atom stereocenters. The van der Waals surface area contributed by atoms with Crippen LogP contribution >= 0.6 is 11.6 Å². The van der Waals surface area contributed by atoms with Crippen LogP contribution in [0.3, 0.4) is 0 Å². The first-order chi connectivity index (χ1) is 9.90. The molecule has 7 heteroatoms. The van der Waals surface area contributed by atoms with Gasteiger partial charge in [-0.15, -0.1) is 0 Å². The van der Waals surface area contributed by atoms with Gasteiger partial charge in [-0.1, -0.05) is 23.7 Å². The Morgan fingerprint density at radius 1 is 1.33 bits per heavy atom. The molecule has 0 aromatic heterocycles. The fraction of sp³-hybridized carbons (Fsp3) is 0.0714. The molecule has 2 rings (SSSR count). The molecular formula is C14H12ClN3O3. The zero-order chi connectivity index (χ0) is 15.6. The van der Waals surface area contributed by atoms with Crippen LogP contribution in [0.15, 0.2) is 36.4 Å². The van der Waals surface area contributed by atoms with E-state index < -0.39 is 10.8 Å². The van der Waals surface area contributed by atoms with Crippen molar-refractivity contribution in [3.8, 4) is 0 Å². The van der Waals surface area contributed by atoms with E-state index in [-0.39, 0.29) is 16.9 Å². The van der Waals surface area contributed by atoms with E-state index in [1.165, 1.54) is 18.2 Å². The van der Waals surface area contributed by atoms with Crippen molar-refractivity contribution < 1.29 is 9.72 Å². The second-order valence-corrected chi connectivity index (χ2v) is 4.83. The highest BCUT2D eigenvalue weighted by molar-refractivity contribution is 6.34. The SMILES string of the molecule is Cc1cccc(Cl)c1NC(=O)c1cc(N)ccc1[N+](=O)[O-]. The highest BCUT2D eigenvalue weighted by Gasteiger charge is 2.21. The summed E-state index contributed by atoms with van der Waals surface area (Å²) in [4.78, 5) is 22.6. The number of hydrogen-bond donors (Lipinski definition) is 2. The fourth-order valence-electron chi connectivity index (χ4n) is 1.87. The van der Waals surface area contributed by atoms with Crippen LogP contribution in [0.4, 0.5) is 17.1 Å². The Balaban J connectivity index is 2.41. The minimum atomic E-state index is -0.634. The molecular weight excluding hydrogens is 294 g/mol. The van der Waals surface area contributed by atoms with Gasteiger partial charge in [0.2, 0.25) is 0 Å². The topological polar surface area (TPSA) is 98.3 Å². The lowest BCUT2D eigenvalue weighted by Crippen LogP contribution is -2.15. The number of nitro groups is 1. The number of anilines is 2. The summed E-state index contributed by atoms with van der Waals surface area (Å²) < 4.78 is 0. The first-order valence-electron chi connectivity index (χ1n) is 6.00. The van der Waals surface area contributed by atoms with Gasteiger partial charge in [-0.3, -0.25) is 14.9 Å². The molecule has 3 N–H and O–H groups in total. The molecule has 0 saturated carbocycles. The van der Waals surface area contributed by atoms with E-state index in [0.29, 0.717) is 10.7 Å². The summed E-state index contributed by atoms with van der Waals surface area (Å²) in [5.74, 6) is -0.634. The smallest absolute Gasteiger partial charge is 0.282 e. The number of nitrogens with zero attached hydrogens (tertiary/aromatic N) is 1. The lowest BCUT2D eigenvalue weighted by Gasteiger charge is -2.10. The molecule has 21 heavy (non-hydrogen) atoms. The van der Waals surface area contributed by atoms with Crippen molar-refractivity contribution in [2.75, 3.05) is 11.1 Å². The summed E-state index contributed by atoms with van der Waals surface area (Å²) in [7, 11) is 0. The molecule has 0 aliphatic carbocycles. The highest BCUT2D eigenvalue weighted by atomic mass is 35.5. The number of amides is 1. The molecule has 0 aliphatic heterocycles. The molecule has 2 aromatic rings. The minimum absolute atomic E-state index is 0.112. The third-order valence-corrected chi connectivity index (χ3v) is 3.24. The van der Waals surface area contributed by atoms with Crippen molar-refractivity contribution in [1.82, 2.24) is 0 Å². The number of rotatable bonds is 3. The van der Waals surface area contributed by atoms with E-state index in [2.05, 4.69) is 5.32 Å². The second kappa shape index (κ2) is 5.80. The van der Waals surface area contributed by atoms with Crippen LogP contribution in [-0.2, 0) is 0 Å². The molecule has 0 aliphatic rings. The maximum Gasteiger partial charge on any atom is 0.282 e. The number of nitrogen functional groups attached to an aromatic ring is 1. The predicted molar refractivity (Wildman–Crippen MR) is 81.7 cm³/mol. The van der Waals surface area contributed by atoms with Gasteiger partial charge in [-0.05, 0) is 30.7 Å². The van der Waals surface area contributed by atoms with E-state index >= 15 is 0 Å². The molecule has 0 spiro atoms. The molecule has 0 unspecified atom stereocenters. The maximum atomic E-state index is 12.3. The molecule has 0 saturated heterocycles.